The molecule has 1 aliphatic rings. The topological polar surface area (TPSA) is 50.9 Å². The fraction of sp³-hybridized carbons (Fsp3) is 0.471. The van der Waals surface area contributed by atoms with Crippen molar-refractivity contribution in [2.45, 2.75) is 43.7 Å². The molecule has 1 aliphatic heterocycles. The van der Waals surface area contributed by atoms with Gasteiger partial charge in [-0.2, -0.15) is 26.3 Å². The van der Waals surface area contributed by atoms with Crippen LogP contribution in [0, 0.1) is 0 Å². The van der Waals surface area contributed by atoms with Crippen LogP contribution in [0.3, 0.4) is 0 Å². The van der Waals surface area contributed by atoms with Gasteiger partial charge in [-0.15, -0.1) is 0 Å². The molecule has 0 amide bonds. The van der Waals surface area contributed by atoms with E-state index in [0.717, 1.165) is 31.0 Å². The summed E-state index contributed by atoms with van der Waals surface area (Å²) in [5, 5.41) is 3.13. The summed E-state index contributed by atoms with van der Waals surface area (Å²) in [5.74, 6) is 0. The molecule has 3 nitrogen and oxygen atoms in total. The fourth-order valence-corrected chi connectivity index (χ4v) is 3.33. The number of hydrogen-bond donors (Lipinski definition) is 2. The lowest BCUT2D eigenvalue weighted by molar-refractivity contribution is -0.142. The molecule has 2 atom stereocenters. The molecule has 0 saturated carbocycles. The molecule has 0 spiro atoms. The molecule has 1 aromatic heterocycles. The number of alkyl halides is 6. The monoisotopic (exact) mass is 377 g/mol. The standard InChI is InChI=1S/C17H17F6N3/c18-16(19,20)11-5-3-4-9-10(14(24)12-6-1-2-7-25-12)8-13(17(21,22)23)26-15(9)11/h3-5,8,12,14,25H,1-2,6-7,24H2/t12-,14+/m1/s1. The molecule has 1 aromatic carbocycles. The van der Waals surface area contributed by atoms with Crippen LogP contribution in [-0.2, 0) is 12.4 Å². The van der Waals surface area contributed by atoms with Crippen molar-refractivity contribution in [1.29, 1.82) is 0 Å². The first-order chi connectivity index (χ1) is 12.1. The average molecular weight is 377 g/mol. The highest BCUT2D eigenvalue weighted by Crippen LogP contribution is 2.39. The summed E-state index contributed by atoms with van der Waals surface area (Å²) >= 11 is 0. The molecule has 2 heterocycles. The van der Waals surface area contributed by atoms with Crippen LogP contribution in [0.2, 0.25) is 0 Å². The Balaban J connectivity index is 2.23. The maximum absolute atomic E-state index is 13.3. The van der Waals surface area contributed by atoms with Crippen molar-refractivity contribution in [3.63, 3.8) is 0 Å². The summed E-state index contributed by atoms with van der Waals surface area (Å²) in [5.41, 5.74) is 2.89. The predicted octanol–water partition coefficient (Wildman–Crippen LogP) is 4.41. The van der Waals surface area contributed by atoms with Crippen LogP contribution in [0.1, 0.15) is 42.1 Å². The number of fused-ring (bicyclic) bond motifs is 1. The van der Waals surface area contributed by atoms with Crippen LogP contribution in [0.15, 0.2) is 24.3 Å². The molecule has 0 bridgehead atoms. The van der Waals surface area contributed by atoms with Crippen molar-refractivity contribution in [3.8, 4) is 0 Å². The van der Waals surface area contributed by atoms with Gasteiger partial charge in [-0.3, -0.25) is 0 Å². The molecule has 2 aromatic rings. The second-order valence-electron chi connectivity index (χ2n) is 6.38. The summed E-state index contributed by atoms with van der Waals surface area (Å²) < 4.78 is 79.5. The molecule has 9 heteroatoms. The lowest BCUT2D eigenvalue weighted by Crippen LogP contribution is -2.42. The quantitative estimate of drug-likeness (QED) is 0.762. The summed E-state index contributed by atoms with van der Waals surface area (Å²) in [6, 6.07) is 2.81. The van der Waals surface area contributed by atoms with E-state index in [9.17, 15) is 26.3 Å². The van der Waals surface area contributed by atoms with Gasteiger partial charge in [-0.1, -0.05) is 18.6 Å². The molecule has 0 radical (unpaired) electrons. The number of nitrogens with two attached hydrogens (primary N) is 1. The highest BCUT2D eigenvalue weighted by Gasteiger charge is 2.38. The van der Waals surface area contributed by atoms with Crippen molar-refractivity contribution in [2.75, 3.05) is 6.54 Å². The Hall–Kier alpha value is -1.87. The Bertz CT molecular complexity index is 793. The normalized spacial score (nSPS) is 20.3. The minimum absolute atomic E-state index is 0.00676. The number of aromatic nitrogens is 1. The Morgan fingerprint density at radius 2 is 1.81 bits per heavy atom. The van der Waals surface area contributed by atoms with Gasteiger partial charge < -0.3 is 11.1 Å². The summed E-state index contributed by atoms with van der Waals surface area (Å²) in [6.07, 6.45) is -7.27. The highest BCUT2D eigenvalue weighted by atomic mass is 19.4. The second kappa shape index (κ2) is 6.70. The molecule has 142 valence electrons. The van der Waals surface area contributed by atoms with E-state index in [0.29, 0.717) is 13.0 Å². The minimum Gasteiger partial charge on any atom is -0.323 e. The number of hydrogen-bond acceptors (Lipinski definition) is 3. The molecule has 3 rings (SSSR count). The second-order valence-corrected chi connectivity index (χ2v) is 6.38. The number of nitrogens with one attached hydrogen (secondary N) is 1. The zero-order valence-electron chi connectivity index (χ0n) is 13.6. The average Bonchev–Trinajstić information content (AvgIpc) is 2.58. The first kappa shape index (κ1) is 18.9. The van der Waals surface area contributed by atoms with Crippen LogP contribution in [0.25, 0.3) is 10.9 Å². The summed E-state index contributed by atoms with van der Waals surface area (Å²) in [6.45, 7) is 0.668. The van der Waals surface area contributed by atoms with Gasteiger partial charge in [-0.25, -0.2) is 4.98 Å². The summed E-state index contributed by atoms with van der Waals surface area (Å²) in [4.78, 5) is 3.28. The molecule has 1 fully saturated rings. The van der Waals surface area contributed by atoms with E-state index in [2.05, 4.69) is 10.3 Å². The van der Waals surface area contributed by atoms with Crippen LogP contribution in [0.4, 0.5) is 26.3 Å². The zero-order chi connectivity index (χ0) is 19.1. The first-order valence-electron chi connectivity index (χ1n) is 8.16. The Kier molecular flexibility index (Phi) is 4.87. The van der Waals surface area contributed by atoms with E-state index >= 15 is 0 Å². The lowest BCUT2D eigenvalue weighted by atomic mass is 9.90. The predicted molar refractivity (Wildman–Crippen MR) is 84.3 cm³/mol. The van der Waals surface area contributed by atoms with Gasteiger partial charge in [0.2, 0.25) is 0 Å². The van der Waals surface area contributed by atoms with Crippen molar-refractivity contribution in [1.82, 2.24) is 10.3 Å². The third-order valence-electron chi connectivity index (χ3n) is 4.61. The number of pyridine rings is 1. The molecular weight excluding hydrogens is 360 g/mol. The van der Waals surface area contributed by atoms with Gasteiger partial charge in [0.25, 0.3) is 0 Å². The van der Waals surface area contributed by atoms with Crippen LogP contribution >= 0.6 is 0 Å². The number of halogens is 6. The summed E-state index contributed by atoms with van der Waals surface area (Å²) in [7, 11) is 0. The minimum atomic E-state index is -4.87. The van der Waals surface area contributed by atoms with Crippen LogP contribution < -0.4 is 11.1 Å². The van der Waals surface area contributed by atoms with E-state index in [-0.39, 0.29) is 17.0 Å². The SMILES string of the molecule is N[C@@H](c1cc(C(F)(F)F)nc2c(C(F)(F)F)cccc12)[C@H]1CCCCN1. The molecular formula is C17H17F6N3. The van der Waals surface area contributed by atoms with Gasteiger partial charge in [-0.05, 0) is 37.1 Å². The molecule has 3 N–H and O–H groups in total. The van der Waals surface area contributed by atoms with Gasteiger partial charge in [0.05, 0.1) is 11.1 Å². The van der Waals surface area contributed by atoms with Crippen molar-refractivity contribution in [3.05, 3.63) is 41.1 Å². The van der Waals surface area contributed by atoms with E-state index < -0.39 is 35.2 Å². The van der Waals surface area contributed by atoms with E-state index in [1.807, 2.05) is 0 Å². The van der Waals surface area contributed by atoms with Crippen LogP contribution in [-0.4, -0.2) is 17.6 Å². The van der Waals surface area contributed by atoms with E-state index in [1.54, 1.807) is 0 Å². The third-order valence-corrected chi connectivity index (χ3v) is 4.61. The van der Waals surface area contributed by atoms with Gasteiger partial charge >= 0.3 is 12.4 Å². The van der Waals surface area contributed by atoms with Crippen molar-refractivity contribution >= 4 is 10.9 Å². The third kappa shape index (κ3) is 3.64. The Morgan fingerprint density at radius 3 is 2.38 bits per heavy atom. The Morgan fingerprint density at radius 1 is 1.08 bits per heavy atom. The first-order valence-corrected chi connectivity index (χ1v) is 8.16. The molecule has 0 unspecified atom stereocenters. The van der Waals surface area contributed by atoms with Gasteiger partial charge in [0.15, 0.2) is 0 Å². The van der Waals surface area contributed by atoms with E-state index in [4.69, 9.17) is 5.73 Å². The fourth-order valence-electron chi connectivity index (χ4n) is 3.33. The van der Waals surface area contributed by atoms with Gasteiger partial charge in [0, 0.05) is 17.5 Å². The largest absolute Gasteiger partial charge is 0.433 e. The smallest absolute Gasteiger partial charge is 0.323 e. The number of rotatable bonds is 2. The number of para-hydroxylation sites is 1. The number of nitrogens with zero attached hydrogens (tertiary/aromatic N) is 1. The molecule has 0 aliphatic carbocycles. The zero-order valence-corrected chi connectivity index (χ0v) is 13.6. The lowest BCUT2D eigenvalue weighted by Gasteiger charge is -2.30. The maximum Gasteiger partial charge on any atom is 0.433 e. The van der Waals surface area contributed by atoms with Crippen LogP contribution in [0.5, 0.6) is 0 Å². The van der Waals surface area contributed by atoms with E-state index in [1.165, 1.54) is 6.07 Å². The molecule has 1 saturated heterocycles. The molecule has 26 heavy (non-hydrogen) atoms. The number of piperidine rings is 1. The number of benzene rings is 1. The van der Waals surface area contributed by atoms with Gasteiger partial charge in [0.1, 0.15) is 5.69 Å². The highest BCUT2D eigenvalue weighted by molar-refractivity contribution is 5.86. The maximum atomic E-state index is 13.3. The van der Waals surface area contributed by atoms with Crippen molar-refractivity contribution < 1.29 is 26.3 Å². The Labute approximate surface area is 145 Å². The van der Waals surface area contributed by atoms with Crippen molar-refractivity contribution in [2.24, 2.45) is 5.73 Å².